The van der Waals surface area contributed by atoms with Crippen molar-refractivity contribution in [1.82, 2.24) is 10.2 Å². The van der Waals surface area contributed by atoms with E-state index in [2.05, 4.69) is 29.6 Å². The summed E-state index contributed by atoms with van der Waals surface area (Å²) in [5, 5.41) is 11.6. The van der Waals surface area contributed by atoms with E-state index in [1.807, 2.05) is 24.3 Å². The van der Waals surface area contributed by atoms with Gasteiger partial charge in [-0.1, -0.05) is 48.5 Å². The van der Waals surface area contributed by atoms with Crippen molar-refractivity contribution in [3.63, 3.8) is 0 Å². The Hall–Kier alpha value is -3.35. The molecule has 4 rings (SSSR count). The first-order chi connectivity index (χ1) is 15.0. The van der Waals surface area contributed by atoms with Crippen LogP contribution in [0.4, 0.5) is 4.79 Å². The van der Waals surface area contributed by atoms with Gasteiger partial charge >= 0.3 is 12.1 Å². The van der Waals surface area contributed by atoms with Crippen molar-refractivity contribution in [1.29, 1.82) is 0 Å². The molecule has 0 saturated heterocycles. The monoisotopic (exact) mass is 422 g/mol. The minimum Gasteiger partial charge on any atom is -0.481 e. The molecular formula is C24H26N2O5. The van der Waals surface area contributed by atoms with Crippen molar-refractivity contribution in [2.75, 3.05) is 20.2 Å². The number of carbonyl (C=O) groups is 3. The Kier molecular flexibility index (Phi) is 5.93. The van der Waals surface area contributed by atoms with Gasteiger partial charge in [0.1, 0.15) is 12.6 Å². The maximum absolute atomic E-state index is 12.7. The summed E-state index contributed by atoms with van der Waals surface area (Å²) in [5.74, 6) is -1.23. The molecule has 0 heterocycles. The lowest BCUT2D eigenvalue weighted by Gasteiger charge is -2.24. The highest BCUT2D eigenvalue weighted by atomic mass is 16.5. The van der Waals surface area contributed by atoms with E-state index in [1.165, 1.54) is 4.90 Å². The number of aliphatic carboxylic acids is 1. The predicted molar refractivity (Wildman–Crippen MR) is 115 cm³/mol. The summed E-state index contributed by atoms with van der Waals surface area (Å²) in [6, 6.07) is 15.5. The quantitative estimate of drug-likeness (QED) is 0.681. The van der Waals surface area contributed by atoms with Crippen LogP contribution in [0, 0.1) is 5.92 Å². The Bertz CT molecular complexity index is 955. The average Bonchev–Trinajstić information content (AvgIpc) is 3.56. The van der Waals surface area contributed by atoms with Gasteiger partial charge in [-0.3, -0.25) is 9.59 Å². The van der Waals surface area contributed by atoms with Crippen molar-refractivity contribution >= 4 is 18.0 Å². The summed E-state index contributed by atoms with van der Waals surface area (Å²) in [7, 11) is 1.56. The van der Waals surface area contributed by atoms with Gasteiger partial charge in [0.15, 0.2) is 0 Å². The van der Waals surface area contributed by atoms with Crippen LogP contribution in [-0.2, 0) is 14.3 Å². The number of ether oxygens (including phenoxy) is 1. The molecule has 1 saturated carbocycles. The highest BCUT2D eigenvalue weighted by Crippen LogP contribution is 2.44. The average molecular weight is 422 g/mol. The number of carboxylic acids is 1. The Morgan fingerprint density at radius 3 is 2.19 bits per heavy atom. The first-order valence-corrected chi connectivity index (χ1v) is 10.5. The predicted octanol–water partition coefficient (Wildman–Crippen LogP) is 3.24. The van der Waals surface area contributed by atoms with Gasteiger partial charge in [0.25, 0.3) is 0 Å². The van der Waals surface area contributed by atoms with E-state index in [1.54, 1.807) is 7.05 Å². The molecule has 1 fully saturated rings. The molecule has 2 amide bonds. The molecule has 2 aromatic rings. The first kappa shape index (κ1) is 20.9. The minimum atomic E-state index is -0.966. The highest BCUT2D eigenvalue weighted by Gasteiger charge is 2.39. The third-order valence-corrected chi connectivity index (χ3v) is 6.01. The summed E-state index contributed by atoms with van der Waals surface area (Å²) < 4.78 is 5.56. The fourth-order valence-electron chi connectivity index (χ4n) is 4.19. The number of alkyl carbamates (subject to hydrolysis) is 1. The number of nitrogens with zero attached hydrogens (tertiary/aromatic N) is 1. The zero-order chi connectivity index (χ0) is 22.0. The van der Waals surface area contributed by atoms with E-state index in [0.717, 1.165) is 35.1 Å². The number of carboxylic acid groups (broad SMARTS) is 1. The van der Waals surface area contributed by atoms with Gasteiger partial charge in [-0.05, 0) is 41.0 Å². The Morgan fingerprint density at radius 1 is 1.06 bits per heavy atom. The van der Waals surface area contributed by atoms with Crippen LogP contribution in [-0.4, -0.2) is 54.2 Å². The molecule has 0 bridgehead atoms. The number of carbonyl (C=O) groups excluding carboxylic acids is 2. The normalized spacial score (nSPS) is 15.5. The van der Waals surface area contributed by atoms with Crippen molar-refractivity contribution in [2.45, 2.75) is 31.2 Å². The number of amides is 2. The van der Waals surface area contributed by atoms with Crippen molar-refractivity contribution in [3.05, 3.63) is 59.7 Å². The van der Waals surface area contributed by atoms with E-state index >= 15 is 0 Å². The number of nitrogens with one attached hydrogen (secondary N) is 1. The van der Waals surface area contributed by atoms with Crippen LogP contribution < -0.4 is 5.32 Å². The SMILES string of the molecule is CN(CCC(=O)O)C(=O)C(NC(=O)OCC1c2ccccc2-c2ccccc21)C1CC1. The fourth-order valence-corrected chi connectivity index (χ4v) is 4.19. The van der Waals surface area contributed by atoms with E-state index in [-0.39, 0.29) is 37.3 Å². The number of rotatable bonds is 8. The molecule has 7 nitrogen and oxygen atoms in total. The third-order valence-electron chi connectivity index (χ3n) is 6.01. The molecule has 0 aliphatic heterocycles. The summed E-state index contributed by atoms with van der Waals surface area (Å²) in [5.41, 5.74) is 4.55. The molecule has 0 radical (unpaired) electrons. The van der Waals surface area contributed by atoms with Gasteiger partial charge in [0.05, 0.1) is 6.42 Å². The smallest absolute Gasteiger partial charge is 0.407 e. The largest absolute Gasteiger partial charge is 0.481 e. The molecule has 1 unspecified atom stereocenters. The molecule has 7 heteroatoms. The van der Waals surface area contributed by atoms with Gasteiger partial charge in [-0.25, -0.2) is 4.79 Å². The van der Waals surface area contributed by atoms with E-state index < -0.39 is 18.1 Å². The van der Waals surface area contributed by atoms with Crippen molar-refractivity contribution < 1.29 is 24.2 Å². The molecule has 2 N–H and O–H groups in total. The highest BCUT2D eigenvalue weighted by molar-refractivity contribution is 5.86. The lowest BCUT2D eigenvalue weighted by atomic mass is 9.98. The maximum Gasteiger partial charge on any atom is 0.407 e. The van der Waals surface area contributed by atoms with Gasteiger partial charge in [-0.2, -0.15) is 0 Å². The number of likely N-dealkylation sites (N-methyl/N-ethyl adjacent to an activating group) is 1. The van der Waals surface area contributed by atoms with Crippen LogP contribution in [0.5, 0.6) is 0 Å². The Balaban J connectivity index is 1.39. The second-order valence-electron chi connectivity index (χ2n) is 8.19. The minimum absolute atomic E-state index is 0.0496. The molecule has 2 aliphatic carbocycles. The molecule has 2 aliphatic rings. The second kappa shape index (κ2) is 8.79. The molecule has 0 spiro atoms. The number of fused-ring (bicyclic) bond motifs is 3. The maximum atomic E-state index is 12.7. The van der Waals surface area contributed by atoms with Crippen LogP contribution in [0.3, 0.4) is 0 Å². The number of benzene rings is 2. The van der Waals surface area contributed by atoms with Crippen molar-refractivity contribution in [3.8, 4) is 11.1 Å². The summed E-state index contributed by atoms with van der Waals surface area (Å²) >= 11 is 0. The Labute approximate surface area is 181 Å². The summed E-state index contributed by atoms with van der Waals surface area (Å²) in [6.45, 7) is 0.282. The van der Waals surface area contributed by atoms with Gasteiger partial charge < -0.3 is 20.1 Å². The van der Waals surface area contributed by atoms with Crippen LogP contribution in [0.1, 0.15) is 36.3 Å². The zero-order valence-corrected chi connectivity index (χ0v) is 17.4. The van der Waals surface area contributed by atoms with Crippen LogP contribution in [0.2, 0.25) is 0 Å². The van der Waals surface area contributed by atoms with E-state index in [4.69, 9.17) is 9.84 Å². The summed E-state index contributed by atoms with van der Waals surface area (Å²) in [4.78, 5) is 37.4. The molecule has 2 aromatic carbocycles. The number of hydrogen-bond donors (Lipinski definition) is 2. The lowest BCUT2D eigenvalue weighted by Crippen LogP contribution is -2.49. The summed E-state index contributed by atoms with van der Waals surface area (Å²) in [6.07, 6.45) is 0.947. The number of hydrogen-bond acceptors (Lipinski definition) is 4. The lowest BCUT2D eigenvalue weighted by molar-refractivity contribution is -0.138. The first-order valence-electron chi connectivity index (χ1n) is 10.5. The molecule has 162 valence electrons. The van der Waals surface area contributed by atoms with Crippen LogP contribution in [0.15, 0.2) is 48.5 Å². The third kappa shape index (κ3) is 4.55. The fraction of sp³-hybridized carbons (Fsp3) is 0.375. The van der Waals surface area contributed by atoms with Gasteiger partial charge in [0.2, 0.25) is 5.91 Å². The van der Waals surface area contributed by atoms with Gasteiger partial charge in [-0.15, -0.1) is 0 Å². The zero-order valence-electron chi connectivity index (χ0n) is 17.4. The van der Waals surface area contributed by atoms with Crippen molar-refractivity contribution in [2.24, 2.45) is 5.92 Å². The molecule has 31 heavy (non-hydrogen) atoms. The molecular weight excluding hydrogens is 396 g/mol. The van der Waals surface area contributed by atoms with E-state index in [9.17, 15) is 14.4 Å². The topological polar surface area (TPSA) is 95.9 Å². The second-order valence-corrected chi connectivity index (χ2v) is 8.19. The van der Waals surface area contributed by atoms with E-state index in [0.29, 0.717) is 0 Å². The van der Waals surface area contributed by atoms with Crippen LogP contribution in [0.25, 0.3) is 11.1 Å². The molecule has 1 atom stereocenters. The van der Waals surface area contributed by atoms with Crippen LogP contribution >= 0.6 is 0 Å². The Morgan fingerprint density at radius 2 is 1.65 bits per heavy atom. The molecule has 0 aromatic heterocycles. The van der Waals surface area contributed by atoms with Gasteiger partial charge in [0, 0.05) is 19.5 Å². The standard InChI is InChI=1S/C24H26N2O5/c1-26(13-12-21(27)28)23(29)22(15-10-11-15)25-24(30)31-14-20-18-8-4-2-6-16(18)17-7-3-5-9-19(17)20/h2-9,15,20,22H,10-14H2,1H3,(H,25,30)(H,27,28).